The van der Waals surface area contributed by atoms with Crippen molar-refractivity contribution >= 4 is 22.9 Å². The van der Waals surface area contributed by atoms with Crippen molar-refractivity contribution in [2.75, 3.05) is 9.80 Å². The van der Waals surface area contributed by atoms with Gasteiger partial charge in [-0.2, -0.15) is 30.3 Å². The smallest absolute Gasteiger partial charge is 0.129 e. The Kier molecular flexibility index (Phi) is 4.42. The van der Waals surface area contributed by atoms with E-state index in [0.717, 1.165) is 22.9 Å². The maximum Gasteiger partial charge on any atom is 0.129 e. The monoisotopic (exact) mass is 479 g/mol. The van der Waals surface area contributed by atoms with Crippen LogP contribution in [0.15, 0.2) is 61.1 Å². The quantitative estimate of drug-likeness (QED) is 0.522. The van der Waals surface area contributed by atoms with Gasteiger partial charge in [0, 0.05) is 25.8 Å². The summed E-state index contributed by atoms with van der Waals surface area (Å²) in [6.45, 7) is 4.13. The fourth-order valence-electron chi connectivity index (χ4n) is 2.64. The van der Waals surface area contributed by atoms with Crippen LogP contribution in [0.4, 0.5) is 22.9 Å². The first-order chi connectivity index (χ1) is 10.8. The molecule has 1 aromatic heterocycles. The Morgan fingerprint density at radius 2 is 1.83 bits per heavy atom. The SMILES string of the molecule is Cc1ccccc1N1[CH-]N(c2[c-]cccc2)c2cncnc21.[Ir]. The van der Waals surface area contributed by atoms with Crippen LogP contribution in [-0.2, 0) is 20.1 Å². The van der Waals surface area contributed by atoms with E-state index >= 15 is 0 Å². The maximum absolute atomic E-state index is 4.46. The molecule has 2 heterocycles. The summed E-state index contributed by atoms with van der Waals surface area (Å²) in [4.78, 5) is 12.8. The first-order valence-corrected chi connectivity index (χ1v) is 7.10. The average Bonchev–Trinajstić information content (AvgIpc) is 2.96. The number of benzene rings is 2. The van der Waals surface area contributed by atoms with Crippen molar-refractivity contribution in [1.82, 2.24) is 9.97 Å². The molecule has 4 nitrogen and oxygen atoms in total. The van der Waals surface area contributed by atoms with Crippen LogP contribution >= 0.6 is 0 Å². The molecule has 3 aromatic rings. The molecule has 0 atom stereocenters. The van der Waals surface area contributed by atoms with Gasteiger partial charge in [-0.25, -0.2) is 9.97 Å². The molecule has 1 aliphatic heterocycles. The minimum atomic E-state index is 0. The van der Waals surface area contributed by atoms with Crippen LogP contribution < -0.4 is 9.80 Å². The van der Waals surface area contributed by atoms with E-state index in [-0.39, 0.29) is 20.1 Å². The van der Waals surface area contributed by atoms with Crippen LogP contribution in [0.1, 0.15) is 5.56 Å². The molecule has 0 spiro atoms. The van der Waals surface area contributed by atoms with Gasteiger partial charge >= 0.3 is 0 Å². The number of aryl methyl sites for hydroxylation is 1. The van der Waals surface area contributed by atoms with E-state index in [2.05, 4.69) is 44.9 Å². The summed E-state index contributed by atoms with van der Waals surface area (Å²) in [5.74, 6) is 0.876. The van der Waals surface area contributed by atoms with Crippen LogP contribution in [0.3, 0.4) is 0 Å². The van der Waals surface area contributed by atoms with E-state index in [4.69, 9.17) is 0 Å². The number of rotatable bonds is 2. The Bertz CT molecular complexity index is 807. The second-order valence-corrected chi connectivity index (χ2v) is 5.12. The number of nitrogens with zero attached hydrogens (tertiary/aromatic N) is 4. The summed E-state index contributed by atoms with van der Waals surface area (Å²) in [7, 11) is 0. The largest absolute Gasteiger partial charge is 0.491 e. The van der Waals surface area contributed by atoms with Crippen molar-refractivity contribution in [1.29, 1.82) is 0 Å². The van der Waals surface area contributed by atoms with Gasteiger partial charge in [-0.3, -0.25) is 0 Å². The first kappa shape index (κ1) is 15.7. The molecule has 1 aliphatic rings. The Morgan fingerprint density at radius 1 is 1.00 bits per heavy atom. The molecule has 0 unspecified atom stereocenters. The zero-order valence-corrected chi connectivity index (χ0v) is 14.9. The zero-order valence-electron chi connectivity index (χ0n) is 12.5. The third-order valence-corrected chi connectivity index (χ3v) is 3.72. The molecular weight excluding hydrogens is 464 g/mol. The summed E-state index contributed by atoms with van der Waals surface area (Å²) >= 11 is 0. The van der Waals surface area contributed by atoms with E-state index in [1.807, 2.05) is 49.3 Å². The minimum absolute atomic E-state index is 0. The Balaban J connectivity index is 0.00000156. The van der Waals surface area contributed by atoms with E-state index in [1.54, 1.807) is 6.33 Å². The van der Waals surface area contributed by atoms with Crippen LogP contribution in [-0.4, -0.2) is 9.97 Å². The molecule has 0 amide bonds. The number of aromatic nitrogens is 2. The summed E-state index contributed by atoms with van der Waals surface area (Å²) in [6, 6.07) is 19.4. The summed E-state index contributed by atoms with van der Waals surface area (Å²) in [5, 5.41) is 0. The summed E-state index contributed by atoms with van der Waals surface area (Å²) < 4.78 is 0. The van der Waals surface area contributed by atoms with Gasteiger partial charge in [-0.05, 0) is 18.6 Å². The van der Waals surface area contributed by atoms with Crippen LogP contribution in [0.25, 0.3) is 0 Å². The molecule has 0 saturated heterocycles. The van der Waals surface area contributed by atoms with Gasteiger partial charge in [0.2, 0.25) is 0 Å². The predicted octanol–water partition coefficient (Wildman–Crippen LogP) is 3.99. The van der Waals surface area contributed by atoms with Gasteiger partial charge in [0.05, 0.1) is 11.9 Å². The molecule has 4 rings (SSSR count). The molecule has 0 aliphatic carbocycles. The van der Waals surface area contributed by atoms with Gasteiger partial charge in [0.1, 0.15) is 12.1 Å². The van der Waals surface area contributed by atoms with Gasteiger partial charge in [0.25, 0.3) is 0 Å². The molecular formula is C18H14IrN4-2. The van der Waals surface area contributed by atoms with Crippen LogP contribution in [0.2, 0.25) is 0 Å². The first-order valence-electron chi connectivity index (χ1n) is 7.10. The Morgan fingerprint density at radius 3 is 2.61 bits per heavy atom. The van der Waals surface area contributed by atoms with E-state index in [0.29, 0.717) is 0 Å². The Labute approximate surface area is 149 Å². The molecule has 23 heavy (non-hydrogen) atoms. The van der Waals surface area contributed by atoms with Crippen molar-refractivity contribution in [3.63, 3.8) is 0 Å². The van der Waals surface area contributed by atoms with Crippen molar-refractivity contribution < 1.29 is 20.1 Å². The van der Waals surface area contributed by atoms with E-state index < -0.39 is 0 Å². The molecule has 2 aromatic carbocycles. The van der Waals surface area contributed by atoms with Crippen molar-refractivity contribution in [2.45, 2.75) is 6.92 Å². The van der Waals surface area contributed by atoms with Crippen LogP contribution in [0.5, 0.6) is 0 Å². The molecule has 5 heteroatoms. The van der Waals surface area contributed by atoms with Crippen molar-refractivity contribution in [3.8, 4) is 0 Å². The van der Waals surface area contributed by atoms with E-state index in [1.165, 1.54) is 5.56 Å². The predicted molar refractivity (Wildman–Crippen MR) is 87.1 cm³/mol. The maximum atomic E-state index is 4.46. The van der Waals surface area contributed by atoms with E-state index in [9.17, 15) is 0 Å². The average molecular weight is 479 g/mol. The molecule has 0 fully saturated rings. The van der Waals surface area contributed by atoms with Gasteiger partial charge in [-0.1, -0.05) is 18.2 Å². The van der Waals surface area contributed by atoms with Crippen molar-refractivity contribution in [2.24, 2.45) is 0 Å². The standard InChI is InChI=1S/C18H14N4.Ir/c1-14-7-5-6-10-16(14)22-13-21(15-8-3-2-4-9-15)17-11-19-12-20-18(17)22;/h2-8,10-13H,1H3;/q-2;. The second-order valence-electron chi connectivity index (χ2n) is 5.12. The molecule has 1 radical (unpaired) electrons. The minimum Gasteiger partial charge on any atom is -0.491 e. The number of anilines is 4. The van der Waals surface area contributed by atoms with Gasteiger partial charge < -0.3 is 9.80 Å². The summed E-state index contributed by atoms with van der Waals surface area (Å²) in [5.41, 5.74) is 4.23. The fraction of sp³-hybridized carbons (Fsp3) is 0.0556. The third-order valence-electron chi connectivity index (χ3n) is 3.72. The normalized spacial score (nSPS) is 12.7. The fourth-order valence-corrected chi connectivity index (χ4v) is 2.64. The number of fused-ring (bicyclic) bond motifs is 1. The molecule has 0 bridgehead atoms. The molecule has 117 valence electrons. The van der Waals surface area contributed by atoms with Crippen LogP contribution in [0, 0.1) is 19.7 Å². The Hall–Kier alpha value is -2.23. The number of para-hydroxylation sites is 2. The summed E-state index contributed by atoms with van der Waals surface area (Å²) in [6.07, 6.45) is 3.41. The third kappa shape index (κ3) is 2.74. The number of hydrogen-bond acceptors (Lipinski definition) is 4. The second kappa shape index (κ2) is 6.49. The van der Waals surface area contributed by atoms with Gasteiger partial charge in [-0.15, -0.1) is 12.4 Å². The van der Waals surface area contributed by atoms with Crippen molar-refractivity contribution in [3.05, 3.63) is 79.4 Å². The zero-order chi connectivity index (χ0) is 14.9. The topological polar surface area (TPSA) is 32.3 Å². The molecule has 0 saturated carbocycles. The molecule has 0 N–H and O–H groups in total. The number of hydrogen-bond donors (Lipinski definition) is 0. The van der Waals surface area contributed by atoms with Gasteiger partial charge in [0.15, 0.2) is 0 Å².